The summed E-state index contributed by atoms with van der Waals surface area (Å²) in [7, 11) is 1.96. The molecule has 5 heteroatoms. The molecule has 0 aliphatic carbocycles. The number of rotatable bonds is 4. The molecule has 0 radical (unpaired) electrons. The fourth-order valence-electron chi connectivity index (χ4n) is 3.05. The van der Waals surface area contributed by atoms with Crippen molar-refractivity contribution in [3.8, 4) is 0 Å². The van der Waals surface area contributed by atoms with Gasteiger partial charge in [0.25, 0.3) is 5.91 Å². The van der Waals surface area contributed by atoms with Crippen LogP contribution in [0.3, 0.4) is 0 Å². The van der Waals surface area contributed by atoms with Gasteiger partial charge in [0, 0.05) is 20.1 Å². The van der Waals surface area contributed by atoms with Crippen LogP contribution < -0.4 is 5.32 Å². The van der Waals surface area contributed by atoms with E-state index in [2.05, 4.69) is 21.7 Å². The van der Waals surface area contributed by atoms with Gasteiger partial charge in [0.05, 0.1) is 10.2 Å². The molecule has 1 aliphatic heterocycles. The first-order valence-corrected chi connectivity index (χ1v) is 8.67. The molecule has 1 saturated heterocycles. The van der Waals surface area contributed by atoms with E-state index in [-0.39, 0.29) is 5.91 Å². The van der Waals surface area contributed by atoms with E-state index >= 15 is 0 Å². The number of carbonyl (C=O) groups excluding carboxylic acids is 1. The van der Waals surface area contributed by atoms with Crippen LogP contribution in [0.2, 0.25) is 0 Å². The van der Waals surface area contributed by atoms with E-state index in [1.165, 1.54) is 43.5 Å². The molecule has 21 heavy (non-hydrogen) atoms. The molecule has 3 heterocycles. The highest BCUT2D eigenvalue weighted by atomic mass is 32.1. The van der Waals surface area contributed by atoms with Crippen LogP contribution in [0.4, 0.5) is 0 Å². The van der Waals surface area contributed by atoms with Crippen molar-refractivity contribution in [1.82, 2.24) is 14.8 Å². The first-order chi connectivity index (χ1) is 10.3. The van der Waals surface area contributed by atoms with E-state index < -0.39 is 0 Å². The van der Waals surface area contributed by atoms with E-state index in [4.69, 9.17) is 0 Å². The monoisotopic (exact) mass is 305 g/mol. The number of nitrogens with one attached hydrogen (secondary N) is 1. The Morgan fingerprint density at radius 1 is 1.29 bits per heavy atom. The summed E-state index contributed by atoms with van der Waals surface area (Å²) < 4.78 is 3.16. The molecule has 0 aromatic carbocycles. The van der Waals surface area contributed by atoms with Crippen molar-refractivity contribution in [2.24, 2.45) is 7.05 Å². The predicted molar refractivity (Wildman–Crippen MR) is 88.0 cm³/mol. The van der Waals surface area contributed by atoms with Crippen LogP contribution >= 0.6 is 11.3 Å². The maximum Gasteiger partial charge on any atom is 0.268 e. The van der Waals surface area contributed by atoms with E-state index in [9.17, 15) is 4.79 Å². The Kier molecular flexibility index (Phi) is 4.60. The van der Waals surface area contributed by atoms with Gasteiger partial charge in [-0.05, 0) is 43.4 Å². The van der Waals surface area contributed by atoms with Crippen molar-refractivity contribution in [3.63, 3.8) is 0 Å². The SMILES string of the molecule is Cn1c(C(=O)NCCN2CCCCCC2)cc2sccc21. The zero-order valence-electron chi connectivity index (χ0n) is 12.6. The van der Waals surface area contributed by atoms with Gasteiger partial charge in [0.15, 0.2) is 0 Å². The molecule has 1 fully saturated rings. The maximum absolute atomic E-state index is 12.3. The summed E-state index contributed by atoms with van der Waals surface area (Å²) in [6.07, 6.45) is 5.29. The number of aryl methyl sites for hydroxylation is 1. The van der Waals surface area contributed by atoms with Gasteiger partial charge in [0.1, 0.15) is 5.69 Å². The summed E-state index contributed by atoms with van der Waals surface area (Å²) in [5, 5.41) is 5.12. The van der Waals surface area contributed by atoms with Crippen molar-refractivity contribution < 1.29 is 4.79 Å². The Morgan fingerprint density at radius 2 is 2.05 bits per heavy atom. The molecule has 0 spiro atoms. The van der Waals surface area contributed by atoms with Crippen LogP contribution in [0, 0.1) is 0 Å². The Labute approximate surface area is 129 Å². The number of fused-ring (bicyclic) bond motifs is 1. The highest BCUT2D eigenvalue weighted by molar-refractivity contribution is 7.17. The van der Waals surface area contributed by atoms with Gasteiger partial charge in [-0.25, -0.2) is 0 Å². The van der Waals surface area contributed by atoms with Gasteiger partial charge < -0.3 is 14.8 Å². The summed E-state index contributed by atoms with van der Waals surface area (Å²) in [5.74, 6) is 0.0377. The molecule has 3 rings (SSSR count). The fraction of sp³-hybridized carbons (Fsp3) is 0.562. The molecule has 0 atom stereocenters. The van der Waals surface area contributed by atoms with Gasteiger partial charge in [-0.2, -0.15) is 0 Å². The number of carbonyl (C=O) groups is 1. The molecule has 2 aromatic rings. The number of hydrogen-bond donors (Lipinski definition) is 1. The van der Waals surface area contributed by atoms with E-state index in [1.54, 1.807) is 11.3 Å². The largest absolute Gasteiger partial charge is 0.349 e. The second kappa shape index (κ2) is 6.62. The number of nitrogens with zero attached hydrogens (tertiary/aromatic N) is 2. The average Bonchev–Trinajstić information content (AvgIpc) is 2.95. The minimum absolute atomic E-state index is 0.0377. The second-order valence-corrected chi connectivity index (χ2v) is 6.72. The lowest BCUT2D eigenvalue weighted by molar-refractivity contribution is 0.0941. The summed E-state index contributed by atoms with van der Waals surface area (Å²) in [5.41, 5.74) is 1.89. The standard InChI is InChI=1S/C16H23N3OS/c1-18-13-6-11-21-15(13)12-14(18)16(20)17-7-10-19-8-4-2-3-5-9-19/h6,11-12H,2-5,7-10H2,1H3,(H,17,20). The summed E-state index contributed by atoms with van der Waals surface area (Å²) in [6, 6.07) is 4.05. The molecular formula is C16H23N3OS. The molecule has 1 aliphatic rings. The summed E-state index contributed by atoms with van der Waals surface area (Å²) >= 11 is 1.68. The predicted octanol–water partition coefficient (Wildman–Crippen LogP) is 2.85. The van der Waals surface area contributed by atoms with Crippen LogP contribution in [-0.2, 0) is 7.05 Å². The van der Waals surface area contributed by atoms with Crippen molar-refractivity contribution in [2.45, 2.75) is 25.7 Å². The second-order valence-electron chi connectivity index (χ2n) is 5.77. The lowest BCUT2D eigenvalue weighted by Crippen LogP contribution is -2.36. The van der Waals surface area contributed by atoms with Crippen LogP contribution in [0.25, 0.3) is 10.2 Å². The summed E-state index contributed by atoms with van der Waals surface area (Å²) in [6.45, 7) is 4.05. The van der Waals surface area contributed by atoms with Crippen molar-refractivity contribution >= 4 is 27.5 Å². The molecule has 0 saturated carbocycles. The first kappa shape index (κ1) is 14.6. The zero-order chi connectivity index (χ0) is 14.7. The number of hydrogen-bond acceptors (Lipinski definition) is 3. The van der Waals surface area contributed by atoms with Crippen molar-refractivity contribution in [1.29, 1.82) is 0 Å². The lowest BCUT2D eigenvalue weighted by Gasteiger charge is -2.19. The van der Waals surface area contributed by atoms with Crippen LogP contribution in [-0.4, -0.2) is 41.6 Å². The van der Waals surface area contributed by atoms with Crippen LogP contribution in [0.5, 0.6) is 0 Å². The average molecular weight is 305 g/mol. The first-order valence-electron chi connectivity index (χ1n) is 7.79. The van der Waals surface area contributed by atoms with Gasteiger partial charge in [-0.1, -0.05) is 12.8 Å². The number of amides is 1. The van der Waals surface area contributed by atoms with E-state index in [0.29, 0.717) is 0 Å². The smallest absolute Gasteiger partial charge is 0.268 e. The Balaban J connectivity index is 1.54. The Morgan fingerprint density at radius 3 is 2.76 bits per heavy atom. The minimum atomic E-state index is 0.0377. The third-order valence-electron chi connectivity index (χ3n) is 4.31. The topological polar surface area (TPSA) is 37.3 Å². The fourth-order valence-corrected chi connectivity index (χ4v) is 3.89. The molecule has 0 bridgehead atoms. The van der Waals surface area contributed by atoms with Crippen molar-refractivity contribution in [3.05, 3.63) is 23.2 Å². The Bertz CT molecular complexity index is 608. The highest BCUT2D eigenvalue weighted by Gasteiger charge is 2.14. The molecule has 4 nitrogen and oxygen atoms in total. The van der Waals surface area contributed by atoms with E-state index in [0.717, 1.165) is 24.3 Å². The summed E-state index contributed by atoms with van der Waals surface area (Å²) in [4.78, 5) is 14.8. The Hall–Kier alpha value is -1.33. The van der Waals surface area contributed by atoms with Gasteiger partial charge in [-0.15, -0.1) is 11.3 Å². The molecule has 1 N–H and O–H groups in total. The minimum Gasteiger partial charge on any atom is -0.349 e. The lowest BCUT2D eigenvalue weighted by atomic mass is 10.2. The number of likely N-dealkylation sites (tertiary alicyclic amines) is 1. The third kappa shape index (κ3) is 3.30. The van der Waals surface area contributed by atoms with Crippen LogP contribution in [0.1, 0.15) is 36.2 Å². The molecule has 2 aromatic heterocycles. The van der Waals surface area contributed by atoms with Gasteiger partial charge >= 0.3 is 0 Å². The maximum atomic E-state index is 12.3. The molecular weight excluding hydrogens is 282 g/mol. The molecule has 114 valence electrons. The number of aromatic nitrogens is 1. The van der Waals surface area contributed by atoms with Gasteiger partial charge in [0.2, 0.25) is 0 Å². The quantitative estimate of drug-likeness (QED) is 0.943. The third-order valence-corrected chi connectivity index (χ3v) is 5.16. The number of thiophene rings is 1. The zero-order valence-corrected chi connectivity index (χ0v) is 13.4. The normalized spacial score (nSPS) is 17.0. The highest BCUT2D eigenvalue weighted by Crippen LogP contribution is 2.23. The van der Waals surface area contributed by atoms with Crippen molar-refractivity contribution in [2.75, 3.05) is 26.2 Å². The molecule has 1 amide bonds. The van der Waals surface area contributed by atoms with E-state index in [1.807, 2.05) is 17.7 Å². The van der Waals surface area contributed by atoms with Crippen LogP contribution in [0.15, 0.2) is 17.5 Å². The van der Waals surface area contributed by atoms with Gasteiger partial charge in [-0.3, -0.25) is 4.79 Å². The molecule has 0 unspecified atom stereocenters.